The normalized spacial score (nSPS) is 19.4. The Labute approximate surface area is 139 Å². The van der Waals surface area contributed by atoms with Crippen molar-refractivity contribution in [1.82, 2.24) is 25.0 Å². The number of halogens is 2. The van der Waals surface area contributed by atoms with E-state index in [1.165, 1.54) is 12.1 Å². The zero-order chi connectivity index (χ0) is 16.5. The van der Waals surface area contributed by atoms with Gasteiger partial charge in [0.25, 0.3) is 0 Å². The second-order valence-electron chi connectivity index (χ2n) is 6.63. The molecule has 0 unspecified atom stereocenters. The molecule has 128 valence electrons. The zero-order valence-corrected chi connectivity index (χ0v) is 13.5. The number of likely N-dealkylation sites (tertiary alicyclic amines) is 1. The van der Waals surface area contributed by atoms with Crippen molar-refractivity contribution in [2.45, 2.75) is 38.4 Å². The van der Waals surface area contributed by atoms with Gasteiger partial charge in [0.2, 0.25) is 0 Å². The van der Waals surface area contributed by atoms with Crippen LogP contribution in [0.5, 0.6) is 0 Å². The summed E-state index contributed by atoms with van der Waals surface area (Å²) in [5.41, 5.74) is 0.692. The summed E-state index contributed by atoms with van der Waals surface area (Å²) >= 11 is 0. The lowest BCUT2D eigenvalue weighted by Crippen LogP contribution is -2.34. The number of hydrogen-bond donors (Lipinski definition) is 1. The highest BCUT2D eigenvalue weighted by molar-refractivity contribution is 5.18. The molecule has 2 aliphatic rings. The van der Waals surface area contributed by atoms with E-state index >= 15 is 0 Å². The highest BCUT2D eigenvalue weighted by Crippen LogP contribution is 2.28. The topological polar surface area (TPSA) is 46.0 Å². The Kier molecular flexibility index (Phi) is 4.28. The molecule has 4 rings (SSSR count). The number of hydrogen-bond acceptors (Lipinski definition) is 4. The van der Waals surface area contributed by atoms with Gasteiger partial charge in [0, 0.05) is 31.6 Å². The molecular weight excluding hydrogens is 312 g/mol. The van der Waals surface area contributed by atoms with Gasteiger partial charge in [-0.2, -0.15) is 0 Å². The van der Waals surface area contributed by atoms with Crippen LogP contribution in [0.15, 0.2) is 18.2 Å². The predicted octanol–water partition coefficient (Wildman–Crippen LogP) is 2.04. The van der Waals surface area contributed by atoms with Crippen LogP contribution in [0.3, 0.4) is 0 Å². The van der Waals surface area contributed by atoms with Gasteiger partial charge in [-0.05, 0) is 43.6 Å². The van der Waals surface area contributed by atoms with Gasteiger partial charge in [0.1, 0.15) is 23.3 Å². The molecule has 1 aromatic heterocycles. The van der Waals surface area contributed by atoms with Crippen molar-refractivity contribution in [1.29, 1.82) is 0 Å². The van der Waals surface area contributed by atoms with Crippen LogP contribution in [-0.4, -0.2) is 39.3 Å². The van der Waals surface area contributed by atoms with Gasteiger partial charge in [-0.1, -0.05) is 0 Å². The highest BCUT2D eigenvalue weighted by Gasteiger charge is 2.27. The van der Waals surface area contributed by atoms with Crippen LogP contribution in [0, 0.1) is 11.6 Å². The van der Waals surface area contributed by atoms with Crippen LogP contribution in [0.1, 0.15) is 36.0 Å². The summed E-state index contributed by atoms with van der Waals surface area (Å²) < 4.78 is 28.9. The molecule has 0 atom stereocenters. The van der Waals surface area contributed by atoms with Crippen LogP contribution >= 0.6 is 0 Å². The summed E-state index contributed by atoms with van der Waals surface area (Å²) in [4.78, 5) is 2.25. The van der Waals surface area contributed by atoms with Gasteiger partial charge in [-0.15, -0.1) is 10.2 Å². The lowest BCUT2D eigenvalue weighted by atomic mass is 9.95. The van der Waals surface area contributed by atoms with E-state index in [1.807, 2.05) is 0 Å². The van der Waals surface area contributed by atoms with E-state index in [2.05, 4.69) is 25.0 Å². The number of rotatable bonds is 3. The Balaban J connectivity index is 1.39. The van der Waals surface area contributed by atoms with Gasteiger partial charge in [-0.25, -0.2) is 8.78 Å². The number of nitrogens with one attached hydrogen (secondary N) is 1. The number of fused-ring (bicyclic) bond motifs is 1. The van der Waals surface area contributed by atoms with Crippen molar-refractivity contribution in [2.75, 3.05) is 19.6 Å². The Morgan fingerprint density at radius 3 is 2.54 bits per heavy atom. The molecule has 7 heteroatoms. The molecular formula is C17H21F2N5. The zero-order valence-electron chi connectivity index (χ0n) is 13.5. The van der Waals surface area contributed by atoms with E-state index in [9.17, 15) is 8.78 Å². The van der Waals surface area contributed by atoms with Crippen molar-refractivity contribution < 1.29 is 8.78 Å². The molecule has 0 amide bonds. The Morgan fingerprint density at radius 1 is 1.04 bits per heavy atom. The molecule has 2 aliphatic heterocycles. The van der Waals surface area contributed by atoms with Crippen molar-refractivity contribution in [3.05, 3.63) is 47.0 Å². The lowest BCUT2D eigenvalue weighted by molar-refractivity contribution is 0.199. The van der Waals surface area contributed by atoms with E-state index < -0.39 is 11.6 Å². The molecule has 0 aliphatic carbocycles. The standard InChI is InChI=1S/C17H21F2N5/c18-14-7-12(8-15(19)9-14)11-23-4-1-13(2-5-23)17-22-21-16-10-20-3-6-24(16)17/h7-9,13,20H,1-6,10-11H2. The summed E-state index contributed by atoms with van der Waals surface area (Å²) in [6.45, 7) is 5.08. The molecule has 1 aromatic carbocycles. The maximum absolute atomic E-state index is 13.3. The quantitative estimate of drug-likeness (QED) is 0.934. The van der Waals surface area contributed by atoms with Crippen LogP contribution < -0.4 is 5.32 Å². The van der Waals surface area contributed by atoms with Crippen molar-refractivity contribution in [2.24, 2.45) is 0 Å². The minimum Gasteiger partial charge on any atom is -0.312 e. The molecule has 1 saturated heterocycles. The molecule has 0 saturated carbocycles. The lowest BCUT2D eigenvalue weighted by Gasteiger charge is -2.32. The third-order valence-electron chi connectivity index (χ3n) is 4.93. The van der Waals surface area contributed by atoms with Crippen molar-refractivity contribution >= 4 is 0 Å². The molecule has 3 heterocycles. The molecule has 2 aromatic rings. The molecule has 0 radical (unpaired) electrons. The minimum atomic E-state index is -0.511. The fraction of sp³-hybridized carbons (Fsp3) is 0.529. The third kappa shape index (κ3) is 3.18. The fourth-order valence-corrected chi connectivity index (χ4v) is 3.73. The third-order valence-corrected chi connectivity index (χ3v) is 4.93. The second-order valence-corrected chi connectivity index (χ2v) is 6.63. The first-order valence-corrected chi connectivity index (χ1v) is 8.49. The SMILES string of the molecule is Fc1cc(F)cc(CN2CCC(c3nnc4n3CCNC4)CC2)c1. The van der Waals surface area contributed by atoms with Gasteiger partial charge in [0.15, 0.2) is 0 Å². The summed E-state index contributed by atoms with van der Waals surface area (Å²) in [5.74, 6) is 1.52. The fourth-order valence-electron chi connectivity index (χ4n) is 3.73. The van der Waals surface area contributed by atoms with Crippen molar-refractivity contribution in [3.8, 4) is 0 Å². The van der Waals surface area contributed by atoms with Crippen LogP contribution in [0.2, 0.25) is 0 Å². The summed E-state index contributed by atoms with van der Waals surface area (Å²) in [6.07, 6.45) is 2.01. The molecule has 1 N–H and O–H groups in total. The molecule has 0 spiro atoms. The summed E-state index contributed by atoms with van der Waals surface area (Å²) in [6, 6.07) is 3.74. The van der Waals surface area contributed by atoms with Crippen LogP contribution in [-0.2, 0) is 19.6 Å². The first kappa shape index (κ1) is 15.7. The van der Waals surface area contributed by atoms with Crippen molar-refractivity contribution in [3.63, 3.8) is 0 Å². The van der Waals surface area contributed by atoms with Gasteiger partial charge < -0.3 is 9.88 Å². The van der Waals surface area contributed by atoms with E-state index in [0.29, 0.717) is 18.0 Å². The van der Waals surface area contributed by atoms with E-state index in [-0.39, 0.29) is 0 Å². The first-order valence-electron chi connectivity index (χ1n) is 8.49. The number of benzene rings is 1. The Bertz CT molecular complexity index is 702. The number of aromatic nitrogens is 3. The van der Waals surface area contributed by atoms with Crippen LogP contribution in [0.25, 0.3) is 0 Å². The number of nitrogens with zero attached hydrogens (tertiary/aromatic N) is 4. The van der Waals surface area contributed by atoms with Gasteiger partial charge in [-0.3, -0.25) is 4.90 Å². The second kappa shape index (κ2) is 6.57. The minimum absolute atomic E-state index is 0.421. The highest BCUT2D eigenvalue weighted by atomic mass is 19.1. The average Bonchev–Trinajstić information content (AvgIpc) is 2.99. The van der Waals surface area contributed by atoms with E-state index in [1.54, 1.807) is 0 Å². The first-order chi connectivity index (χ1) is 11.7. The molecule has 24 heavy (non-hydrogen) atoms. The number of piperidine rings is 1. The maximum Gasteiger partial charge on any atom is 0.147 e. The van der Waals surface area contributed by atoms with Crippen LogP contribution in [0.4, 0.5) is 8.78 Å². The van der Waals surface area contributed by atoms with E-state index in [0.717, 1.165) is 63.3 Å². The largest absolute Gasteiger partial charge is 0.312 e. The smallest absolute Gasteiger partial charge is 0.147 e. The summed E-state index contributed by atoms with van der Waals surface area (Å²) in [7, 11) is 0. The maximum atomic E-state index is 13.3. The van der Waals surface area contributed by atoms with Gasteiger partial charge >= 0.3 is 0 Å². The molecule has 0 bridgehead atoms. The monoisotopic (exact) mass is 333 g/mol. The molecule has 5 nitrogen and oxygen atoms in total. The molecule has 1 fully saturated rings. The predicted molar refractivity (Wildman–Crippen MR) is 85.3 cm³/mol. The average molecular weight is 333 g/mol. The summed E-state index contributed by atoms with van der Waals surface area (Å²) in [5, 5.41) is 12.0. The Morgan fingerprint density at radius 2 is 1.79 bits per heavy atom. The van der Waals surface area contributed by atoms with Gasteiger partial charge in [0.05, 0.1) is 6.54 Å². The van der Waals surface area contributed by atoms with E-state index in [4.69, 9.17) is 0 Å². The Hall–Kier alpha value is -1.86.